The summed E-state index contributed by atoms with van der Waals surface area (Å²) < 4.78 is 0. The molecule has 4 nitrogen and oxygen atoms in total. The second kappa shape index (κ2) is 10.6. The fraction of sp³-hybridized carbons (Fsp3) is 0.280. The van der Waals surface area contributed by atoms with E-state index in [0.29, 0.717) is 33.6 Å². The van der Waals surface area contributed by atoms with Crippen LogP contribution >= 0.6 is 22.9 Å². The molecule has 0 saturated carbocycles. The van der Waals surface area contributed by atoms with Crippen molar-refractivity contribution in [1.82, 2.24) is 5.32 Å². The van der Waals surface area contributed by atoms with Gasteiger partial charge in [-0.05, 0) is 61.6 Å². The molecule has 0 atom stereocenters. The maximum Gasteiger partial charge on any atom is 0.265 e. The monoisotopic (exact) mass is 454 g/mol. The summed E-state index contributed by atoms with van der Waals surface area (Å²) in [6, 6.07) is 16.6. The topological polar surface area (TPSA) is 58.2 Å². The molecule has 0 spiro atoms. The van der Waals surface area contributed by atoms with E-state index in [1.165, 1.54) is 11.3 Å². The molecule has 1 heterocycles. The Morgan fingerprint density at radius 3 is 2.55 bits per heavy atom. The molecule has 0 radical (unpaired) electrons. The third kappa shape index (κ3) is 6.18. The molecule has 6 heteroatoms. The molecule has 0 fully saturated rings. The molecule has 0 saturated heterocycles. The Balaban J connectivity index is 1.68. The minimum Gasteiger partial charge on any atom is -0.352 e. The number of rotatable bonds is 8. The number of carbonyl (C=O) groups is 2. The van der Waals surface area contributed by atoms with E-state index in [1.54, 1.807) is 18.2 Å². The van der Waals surface area contributed by atoms with Gasteiger partial charge in [0.25, 0.3) is 11.8 Å². The highest BCUT2D eigenvalue weighted by Crippen LogP contribution is 2.33. The highest BCUT2D eigenvalue weighted by Gasteiger charge is 2.14. The van der Waals surface area contributed by atoms with E-state index in [-0.39, 0.29) is 11.8 Å². The van der Waals surface area contributed by atoms with Crippen LogP contribution < -0.4 is 10.6 Å². The van der Waals surface area contributed by atoms with Crippen LogP contribution in [0.25, 0.3) is 10.4 Å². The van der Waals surface area contributed by atoms with Crippen molar-refractivity contribution in [1.29, 1.82) is 0 Å². The van der Waals surface area contributed by atoms with Crippen molar-refractivity contribution in [3.05, 3.63) is 75.6 Å². The van der Waals surface area contributed by atoms with Gasteiger partial charge in [-0.15, -0.1) is 11.3 Å². The molecule has 0 aliphatic carbocycles. The number of hydrogen-bond donors (Lipinski definition) is 2. The zero-order valence-corrected chi connectivity index (χ0v) is 19.6. The van der Waals surface area contributed by atoms with E-state index in [4.69, 9.17) is 11.6 Å². The summed E-state index contributed by atoms with van der Waals surface area (Å²) in [5, 5.41) is 6.54. The first-order valence-corrected chi connectivity index (χ1v) is 11.6. The molecule has 3 rings (SSSR count). The maximum absolute atomic E-state index is 12.8. The van der Waals surface area contributed by atoms with Gasteiger partial charge in [0, 0.05) is 33.3 Å². The number of hydrogen-bond acceptors (Lipinski definition) is 3. The van der Waals surface area contributed by atoms with Gasteiger partial charge in [0.1, 0.15) is 0 Å². The van der Waals surface area contributed by atoms with E-state index < -0.39 is 0 Å². The Bertz CT molecular complexity index is 1070. The number of anilines is 1. The van der Waals surface area contributed by atoms with Crippen LogP contribution in [0.5, 0.6) is 0 Å². The van der Waals surface area contributed by atoms with E-state index in [0.717, 1.165) is 28.8 Å². The Morgan fingerprint density at radius 2 is 1.81 bits per heavy atom. The van der Waals surface area contributed by atoms with E-state index >= 15 is 0 Å². The van der Waals surface area contributed by atoms with Crippen LogP contribution in [0.15, 0.2) is 54.6 Å². The van der Waals surface area contributed by atoms with Crippen LogP contribution in [0, 0.1) is 12.8 Å². The number of carbonyl (C=O) groups excluding carboxylic acids is 2. The first kappa shape index (κ1) is 23.0. The van der Waals surface area contributed by atoms with Crippen LogP contribution in [0.4, 0.5) is 5.69 Å². The van der Waals surface area contributed by atoms with Crippen molar-refractivity contribution in [2.24, 2.45) is 5.92 Å². The minimum absolute atomic E-state index is 0.128. The maximum atomic E-state index is 12.8. The second-order valence-electron chi connectivity index (χ2n) is 7.92. The smallest absolute Gasteiger partial charge is 0.265 e. The Labute approximate surface area is 192 Å². The molecule has 2 aromatic carbocycles. The molecule has 162 valence electrons. The molecule has 0 unspecified atom stereocenters. The van der Waals surface area contributed by atoms with Gasteiger partial charge in [-0.1, -0.05) is 49.7 Å². The summed E-state index contributed by atoms with van der Waals surface area (Å²) in [5.74, 6) is 0.283. The van der Waals surface area contributed by atoms with Gasteiger partial charge in [0.2, 0.25) is 0 Å². The third-order valence-electron chi connectivity index (χ3n) is 4.96. The highest BCUT2D eigenvalue weighted by molar-refractivity contribution is 7.17. The molecule has 31 heavy (non-hydrogen) atoms. The Hall–Kier alpha value is -2.63. The van der Waals surface area contributed by atoms with E-state index in [1.807, 2.05) is 43.3 Å². The van der Waals surface area contributed by atoms with Crippen molar-refractivity contribution >= 4 is 40.4 Å². The number of nitrogens with one attached hydrogen (secondary N) is 2. The number of thiophene rings is 1. The van der Waals surface area contributed by atoms with Crippen LogP contribution in [0.2, 0.25) is 5.02 Å². The van der Waals surface area contributed by atoms with Crippen LogP contribution in [0.3, 0.4) is 0 Å². The SMILES string of the molecule is Cc1ccc(C(=O)NCCCC(C)C)cc1NC(=O)c1ccc(-c2ccccc2Cl)s1. The molecule has 0 aliphatic heterocycles. The van der Waals surface area contributed by atoms with Crippen molar-refractivity contribution in [2.45, 2.75) is 33.6 Å². The fourth-order valence-electron chi connectivity index (χ4n) is 3.16. The molecule has 2 N–H and O–H groups in total. The van der Waals surface area contributed by atoms with Gasteiger partial charge in [-0.3, -0.25) is 9.59 Å². The highest BCUT2D eigenvalue weighted by atomic mass is 35.5. The molecule has 1 aromatic heterocycles. The summed E-state index contributed by atoms with van der Waals surface area (Å²) in [6.45, 7) is 6.89. The lowest BCUT2D eigenvalue weighted by Crippen LogP contribution is -2.25. The fourth-order valence-corrected chi connectivity index (χ4v) is 4.40. The standard InChI is InChI=1S/C25H27ClN2O2S/c1-16(2)7-6-14-27-24(29)18-11-10-17(3)21(15-18)28-25(30)23-13-12-22(31-23)19-8-4-5-9-20(19)26/h4-5,8-13,15-16H,6-7,14H2,1-3H3,(H,27,29)(H,28,30). The summed E-state index contributed by atoms with van der Waals surface area (Å²) in [6.07, 6.45) is 2.03. The quantitative estimate of drug-likeness (QED) is 0.368. The third-order valence-corrected chi connectivity index (χ3v) is 6.41. The first-order chi connectivity index (χ1) is 14.8. The van der Waals surface area contributed by atoms with Gasteiger partial charge < -0.3 is 10.6 Å². The summed E-state index contributed by atoms with van der Waals surface area (Å²) >= 11 is 7.66. The van der Waals surface area contributed by atoms with Gasteiger partial charge in [0.05, 0.1) is 4.88 Å². The lowest BCUT2D eigenvalue weighted by Gasteiger charge is -2.11. The molecule has 3 aromatic rings. The zero-order chi connectivity index (χ0) is 22.4. The van der Waals surface area contributed by atoms with Crippen LogP contribution in [0.1, 0.15) is 52.3 Å². The number of halogens is 1. The summed E-state index contributed by atoms with van der Waals surface area (Å²) in [7, 11) is 0. The predicted octanol–water partition coefficient (Wildman–Crippen LogP) is 6.80. The first-order valence-electron chi connectivity index (χ1n) is 10.4. The normalized spacial score (nSPS) is 10.9. The largest absolute Gasteiger partial charge is 0.352 e. The number of amides is 2. The predicted molar refractivity (Wildman–Crippen MR) is 130 cm³/mol. The Kier molecular flexibility index (Phi) is 7.88. The van der Waals surface area contributed by atoms with Crippen molar-refractivity contribution in [3.63, 3.8) is 0 Å². The number of benzene rings is 2. The van der Waals surface area contributed by atoms with Crippen LogP contribution in [-0.2, 0) is 0 Å². The second-order valence-corrected chi connectivity index (χ2v) is 9.41. The number of aryl methyl sites for hydroxylation is 1. The zero-order valence-electron chi connectivity index (χ0n) is 18.0. The van der Waals surface area contributed by atoms with E-state index in [9.17, 15) is 9.59 Å². The van der Waals surface area contributed by atoms with Crippen molar-refractivity contribution < 1.29 is 9.59 Å². The summed E-state index contributed by atoms with van der Waals surface area (Å²) in [4.78, 5) is 26.8. The van der Waals surface area contributed by atoms with Gasteiger partial charge in [-0.2, -0.15) is 0 Å². The lowest BCUT2D eigenvalue weighted by atomic mass is 10.1. The average Bonchev–Trinajstić information content (AvgIpc) is 3.23. The molecular formula is C25H27ClN2O2S. The molecule has 2 amide bonds. The molecular weight excluding hydrogens is 428 g/mol. The molecule has 0 aliphatic rings. The van der Waals surface area contributed by atoms with Crippen molar-refractivity contribution in [3.8, 4) is 10.4 Å². The van der Waals surface area contributed by atoms with E-state index in [2.05, 4.69) is 24.5 Å². The average molecular weight is 455 g/mol. The Morgan fingerprint density at radius 1 is 1.03 bits per heavy atom. The van der Waals surface area contributed by atoms with Gasteiger partial charge in [0.15, 0.2) is 0 Å². The van der Waals surface area contributed by atoms with Crippen molar-refractivity contribution in [2.75, 3.05) is 11.9 Å². The van der Waals surface area contributed by atoms with Gasteiger partial charge >= 0.3 is 0 Å². The van der Waals surface area contributed by atoms with Gasteiger partial charge in [-0.25, -0.2) is 0 Å². The summed E-state index contributed by atoms with van der Waals surface area (Å²) in [5.41, 5.74) is 2.97. The minimum atomic E-state index is -0.208. The van der Waals surface area contributed by atoms with Crippen LogP contribution in [-0.4, -0.2) is 18.4 Å². The molecule has 0 bridgehead atoms. The lowest BCUT2D eigenvalue weighted by molar-refractivity contribution is 0.0951.